The Hall–Kier alpha value is -0.840. The first-order chi connectivity index (χ1) is 7.95. The van der Waals surface area contributed by atoms with Crippen molar-refractivity contribution in [2.45, 2.75) is 25.5 Å². The maximum atomic E-state index is 5.73. The molecule has 0 saturated carbocycles. The van der Waals surface area contributed by atoms with Crippen LogP contribution in [0.5, 0.6) is 0 Å². The third-order valence-electron chi connectivity index (χ3n) is 2.68. The van der Waals surface area contributed by atoms with E-state index < -0.39 is 0 Å². The van der Waals surface area contributed by atoms with Crippen molar-refractivity contribution in [2.75, 3.05) is 26.4 Å². The van der Waals surface area contributed by atoms with Crippen LogP contribution in [0.4, 0.5) is 0 Å². The summed E-state index contributed by atoms with van der Waals surface area (Å²) in [7, 11) is 0. The van der Waals surface area contributed by atoms with E-state index >= 15 is 0 Å². The zero-order valence-electron chi connectivity index (χ0n) is 9.48. The summed E-state index contributed by atoms with van der Waals surface area (Å²) in [5.74, 6) is 0.964. The molecule has 0 unspecified atom stereocenters. The Balaban J connectivity index is 1.48. The van der Waals surface area contributed by atoms with Gasteiger partial charge in [-0.25, -0.2) is 0 Å². The zero-order valence-corrected chi connectivity index (χ0v) is 9.48. The van der Waals surface area contributed by atoms with Crippen LogP contribution >= 0.6 is 0 Å². The average molecular weight is 225 g/mol. The Kier molecular flexibility index (Phi) is 4.86. The lowest BCUT2D eigenvalue weighted by Gasteiger charge is -2.22. The van der Waals surface area contributed by atoms with E-state index in [1.54, 1.807) is 6.26 Å². The van der Waals surface area contributed by atoms with Gasteiger partial charge in [-0.15, -0.1) is 0 Å². The Morgan fingerprint density at radius 2 is 2.25 bits per heavy atom. The molecule has 1 aromatic rings. The Morgan fingerprint density at radius 1 is 1.38 bits per heavy atom. The van der Waals surface area contributed by atoms with Crippen molar-refractivity contribution < 1.29 is 13.9 Å². The van der Waals surface area contributed by atoms with Gasteiger partial charge in [-0.3, -0.25) is 0 Å². The van der Waals surface area contributed by atoms with Crippen molar-refractivity contribution in [2.24, 2.45) is 0 Å². The number of ether oxygens (including phenoxy) is 2. The van der Waals surface area contributed by atoms with Crippen LogP contribution in [0.25, 0.3) is 0 Å². The second-order valence-electron chi connectivity index (χ2n) is 3.94. The normalized spacial score (nSPS) is 17.8. The summed E-state index contributed by atoms with van der Waals surface area (Å²) in [5, 5.41) is 3.28. The minimum Gasteiger partial charge on any atom is -0.468 e. The molecule has 16 heavy (non-hydrogen) atoms. The molecule has 1 fully saturated rings. The van der Waals surface area contributed by atoms with Gasteiger partial charge in [0.2, 0.25) is 0 Å². The van der Waals surface area contributed by atoms with E-state index in [0.717, 1.165) is 51.5 Å². The highest BCUT2D eigenvalue weighted by molar-refractivity contribution is 4.97. The molecule has 1 aromatic heterocycles. The predicted molar refractivity (Wildman–Crippen MR) is 60.2 cm³/mol. The molecule has 0 aliphatic carbocycles. The fourth-order valence-corrected chi connectivity index (χ4v) is 1.77. The standard InChI is InChI=1S/C12H19NO3/c1-2-12(15-6-1)10-13-5-9-16-11-3-7-14-8-4-11/h1-2,6,11,13H,3-5,7-10H2. The second kappa shape index (κ2) is 6.68. The molecule has 1 saturated heterocycles. The van der Waals surface area contributed by atoms with Crippen molar-refractivity contribution >= 4 is 0 Å². The maximum absolute atomic E-state index is 5.73. The molecule has 0 radical (unpaired) electrons. The van der Waals surface area contributed by atoms with E-state index in [9.17, 15) is 0 Å². The molecule has 1 N–H and O–H groups in total. The summed E-state index contributed by atoms with van der Waals surface area (Å²) < 4.78 is 16.2. The summed E-state index contributed by atoms with van der Waals surface area (Å²) in [6, 6.07) is 3.86. The highest BCUT2D eigenvalue weighted by atomic mass is 16.5. The number of nitrogens with one attached hydrogen (secondary N) is 1. The fraction of sp³-hybridized carbons (Fsp3) is 0.667. The van der Waals surface area contributed by atoms with E-state index in [-0.39, 0.29) is 0 Å². The Morgan fingerprint density at radius 3 is 3.00 bits per heavy atom. The first-order valence-electron chi connectivity index (χ1n) is 5.87. The lowest BCUT2D eigenvalue weighted by atomic mass is 10.2. The van der Waals surface area contributed by atoms with Gasteiger partial charge in [0.15, 0.2) is 0 Å². The van der Waals surface area contributed by atoms with E-state index in [2.05, 4.69) is 5.32 Å². The number of hydrogen-bond donors (Lipinski definition) is 1. The third-order valence-corrected chi connectivity index (χ3v) is 2.68. The zero-order chi connectivity index (χ0) is 11.1. The van der Waals surface area contributed by atoms with Gasteiger partial charge in [0.25, 0.3) is 0 Å². The van der Waals surface area contributed by atoms with Crippen LogP contribution in [-0.2, 0) is 16.0 Å². The minimum atomic E-state index is 0.388. The van der Waals surface area contributed by atoms with Crippen molar-refractivity contribution in [3.05, 3.63) is 24.2 Å². The van der Waals surface area contributed by atoms with Crippen LogP contribution in [0.1, 0.15) is 18.6 Å². The smallest absolute Gasteiger partial charge is 0.117 e. The maximum Gasteiger partial charge on any atom is 0.117 e. The molecule has 0 bridgehead atoms. The topological polar surface area (TPSA) is 43.6 Å². The van der Waals surface area contributed by atoms with E-state index in [4.69, 9.17) is 13.9 Å². The molecule has 0 amide bonds. The van der Waals surface area contributed by atoms with Gasteiger partial charge in [0.1, 0.15) is 5.76 Å². The van der Waals surface area contributed by atoms with Crippen LogP contribution in [0, 0.1) is 0 Å². The molecule has 90 valence electrons. The Bertz CT molecular complexity index is 268. The first kappa shape index (κ1) is 11.6. The van der Waals surface area contributed by atoms with Gasteiger partial charge < -0.3 is 19.2 Å². The summed E-state index contributed by atoms with van der Waals surface area (Å²) in [5.41, 5.74) is 0. The monoisotopic (exact) mass is 225 g/mol. The van der Waals surface area contributed by atoms with Gasteiger partial charge in [-0.2, -0.15) is 0 Å². The Labute approximate surface area is 95.9 Å². The van der Waals surface area contributed by atoms with Crippen LogP contribution in [0.2, 0.25) is 0 Å². The number of rotatable bonds is 6. The minimum absolute atomic E-state index is 0.388. The molecule has 2 heterocycles. The van der Waals surface area contributed by atoms with E-state index in [0.29, 0.717) is 6.10 Å². The third kappa shape index (κ3) is 3.96. The van der Waals surface area contributed by atoms with Crippen LogP contribution in [0.15, 0.2) is 22.8 Å². The van der Waals surface area contributed by atoms with Crippen LogP contribution < -0.4 is 5.32 Å². The van der Waals surface area contributed by atoms with Gasteiger partial charge in [-0.1, -0.05) is 0 Å². The molecule has 4 heteroatoms. The van der Waals surface area contributed by atoms with Crippen molar-refractivity contribution in [3.63, 3.8) is 0 Å². The number of hydrogen-bond acceptors (Lipinski definition) is 4. The van der Waals surface area contributed by atoms with Gasteiger partial charge in [-0.05, 0) is 25.0 Å². The molecule has 0 aromatic carbocycles. The van der Waals surface area contributed by atoms with Crippen LogP contribution in [0.3, 0.4) is 0 Å². The highest BCUT2D eigenvalue weighted by Crippen LogP contribution is 2.09. The quantitative estimate of drug-likeness (QED) is 0.746. The molecule has 0 atom stereocenters. The molecule has 1 aliphatic rings. The van der Waals surface area contributed by atoms with Crippen molar-refractivity contribution in [3.8, 4) is 0 Å². The highest BCUT2D eigenvalue weighted by Gasteiger charge is 2.13. The molecular formula is C12H19NO3. The lowest BCUT2D eigenvalue weighted by molar-refractivity contribution is -0.0306. The van der Waals surface area contributed by atoms with Gasteiger partial charge >= 0.3 is 0 Å². The molecular weight excluding hydrogens is 206 g/mol. The fourth-order valence-electron chi connectivity index (χ4n) is 1.77. The number of furan rings is 1. The lowest BCUT2D eigenvalue weighted by Crippen LogP contribution is -2.27. The second-order valence-corrected chi connectivity index (χ2v) is 3.94. The largest absolute Gasteiger partial charge is 0.468 e. The average Bonchev–Trinajstić information content (AvgIpc) is 2.83. The summed E-state index contributed by atoms with van der Waals surface area (Å²) in [6.45, 7) is 4.06. The van der Waals surface area contributed by atoms with Crippen molar-refractivity contribution in [1.82, 2.24) is 5.32 Å². The van der Waals surface area contributed by atoms with E-state index in [1.165, 1.54) is 0 Å². The molecule has 0 spiro atoms. The predicted octanol–water partition coefficient (Wildman–Crippen LogP) is 1.56. The van der Waals surface area contributed by atoms with Gasteiger partial charge in [0.05, 0.1) is 25.5 Å². The SMILES string of the molecule is c1coc(CNCCOC2CCOCC2)c1. The van der Waals surface area contributed by atoms with Crippen LogP contribution in [-0.4, -0.2) is 32.5 Å². The van der Waals surface area contributed by atoms with Crippen molar-refractivity contribution in [1.29, 1.82) is 0 Å². The van der Waals surface area contributed by atoms with Gasteiger partial charge in [0, 0.05) is 19.8 Å². The van der Waals surface area contributed by atoms with E-state index in [1.807, 2.05) is 12.1 Å². The molecule has 1 aliphatic heterocycles. The summed E-state index contributed by atoms with van der Waals surface area (Å²) in [6.07, 6.45) is 4.13. The first-order valence-corrected chi connectivity index (χ1v) is 5.87. The summed E-state index contributed by atoms with van der Waals surface area (Å²) in [4.78, 5) is 0. The molecule has 2 rings (SSSR count). The molecule has 4 nitrogen and oxygen atoms in total. The summed E-state index contributed by atoms with van der Waals surface area (Å²) >= 11 is 0.